The van der Waals surface area contributed by atoms with Gasteiger partial charge in [0.2, 0.25) is 0 Å². The number of unbranched alkanes of at least 4 members (excludes halogenated alkanes) is 1. The van der Waals surface area contributed by atoms with Gasteiger partial charge in [0.05, 0.1) is 0 Å². The van der Waals surface area contributed by atoms with Gasteiger partial charge >= 0.3 is 0 Å². The van der Waals surface area contributed by atoms with Crippen LogP contribution in [0.3, 0.4) is 0 Å². The highest BCUT2D eigenvalue weighted by Gasteiger charge is 2.59. The zero-order chi connectivity index (χ0) is 16.2. The van der Waals surface area contributed by atoms with Crippen LogP contribution < -0.4 is 0 Å². The molecular formula is C21H42. The normalized spacial score (nSPS) is 31.0. The van der Waals surface area contributed by atoms with E-state index in [9.17, 15) is 0 Å². The Morgan fingerprint density at radius 1 is 0.952 bits per heavy atom. The summed E-state index contributed by atoms with van der Waals surface area (Å²) in [6.07, 6.45) is 8.55. The second kappa shape index (κ2) is 8.02. The van der Waals surface area contributed by atoms with Gasteiger partial charge in [0.25, 0.3) is 0 Å². The average Bonchev–Trinajstić information content (AvgIpc) is 3.17. The third-order valence-corrected chi connectivity index (χ3v) is 7.15. The standard InChI is InChI=1S/C21H42/c1-9-11-12-18(7)21(13-17(6)16(5)10-2)14-20(21)19(8)15(3)4/h15-20H,9-14H2,1-8H3. The molecule has 0 nitrogen and oxygen atoms in total. The summed E-state index contributed by atoms with van der Waals surface area (Å²) in [4.78, 5) is 0. The summed E-state index contributed by atoms with van der Waals surface area (Å²) in [6, 6.07) is 0. The summed E-state index contributed by atoms with van der Waals surface area (Å²) in [5.74, 6) is 5.44. The topological polar surface area (TPSA) is 0 Å². The van der Waals surface area contributed by atoms with Crippen molar-refractivity contribution < 1.29 is 0 Å². The molecule has 0 heteroatoms. The van der Waals surface area contributed by atoms with Crippen molar-refractivity contribution in [3.63, 3.8) is 0 Å². The Morgan fingerprint density at radius 3 is 2.05 bits per heavy atom. The quantitative estimate of drug-likeness (QED) is 0.400. The lowest BCUT2D eigenvalue weighted by molar-refractivity contribution is 0.168. The van der Waals surface area contributed by atoms with Gasteiger partial charge in [-0.2, -0.15) is 0 Å². The highest BCUT2D eigenvalue weighted by molar-refractivity contribution is 5.07. The molecule has 6 unspecified atom stereocenters. The van der Waals surface area contributed by atoms with Crippen LogP contribution in [-0.4, -0.2) is 0 Å². The largest absolute Gasteiger partial charge is 0.0654 e. The SMILES string of the molecule is CCCCC(C)C1(CC(C)C(C)CC)CC1C(C)C(C)C. The Morgan fingerprint density at radius 2 is 1.57 bits per heavy atom. The molecule has 126 valence electrons. The molecular weight excluding hydrogens is 252 g/mol. The lowest BCUT2D eigenvalue weighted by atomic mass is 9.73. The van der Waals surface area contributed by atoms with Crippen LogP contribution in [0.2, 0.25) is 0 Å². The summed E-state index contributed by atoms with van der Waals surface area (Å²) < 4.78 is 0. The van der Waals surface area contributed by atoms with Crippen LogP contribution in [0.5, 0.6) is 0 Å². The Labute approximate surface area is 135 Å². The molecule has 0 saturated heterocycles. The number of hydrogen-bond acceptors (Lipinski definition) is 0. The van der Waals surface area contributed by atoms with Gasteiger partial charge in [0, 0.05) is 0 Å². The molecule has 0 radical (unpaired) electrons. The molecule has 1 fully saturated rings. The lowest BCUT2D eigenvalue weighted by Crippen LogP contribution is -2.24. The fourth-order valence-electron chi connectivity index (χ4n) is 4.53. The van der Waals surface area contributed by atoms with E-state index in [-0.39, 0.29) is 0 Å². The maximum Gasteiger partial charge on any atom is -0.0235 e. The van der Waals surface area contributed by atoms with Crippen molar-refractivity contribution in [2.24, 2.45) is 40.9 Å². The first-order valence-corrected chi connectivity index (χ1v) is 9.80. The summed E-state index contributed by atoms with van der Waals surface area (Å²) in [5.41, 5.74) is 0.682. The van der Waals surface area contributed by atoms with Crippen LogP contribution in [-0.2, 0) is 0 Å². The van der Waals surface area contributed by atoms with Crippen molar-refractivity contribution in [2.45, 2.75) is 93.9 Å². The minimum absolute atomic E-state index is 0.682. The molecule has 0 aliphatic heterocycles. The summed E-state index contributed by atoms with van der Waals surface area (Å²) >= 11 is 0. The monoisotopic (exact) mass is 294 g/mol. The zero-order valence-corrected chi connectivity index (χ0v) is 16.2. The first-order valence-electron chi connectivity index (χ1n) is 9.80. The van der Waals surface area contributed by atoms with Crippen LogP contribution in [0.1, 0.15) is 93.9 Å². The van der Waals surface area contributed by atoms with Crippen LogP contribution in [0, 0.1) is 40.9 Å². The van der Waals surface area contributed by atoms with Crippen LogP contribution in [0.4, 0.5) is 0 Å². The lowest BCUT2D eigenvalue weighted by Gasteiger charge is -2.32. The van der Waals surface area contributed by atoms with E-state index >= 15 is 0 Å². The van der Waals surface area contributed by atoms with Crippen LogP contribution in [0.25, 0.3) is 0 Å². The summed E-state index contributed by atoms with van der Waals surface area (Å²) in [6.45, 7) is 19.6. The van der Waals surface area contributed by atoms with Gasteiger partial charge in [-0.15, -0.1) is 0 Å². The molecule has 0 amide bonds. The maximum atomic E-state index is 2.56. The predicted octanol–water partition coefficient (Wildman–Crippen LogP) is 7.18. The van der Waals surface area contributed by atoms with Crippen molar-refractivity contribution in [1.29, 1.82) is 0 Å². The minimum Gasteiger partial charge on any atom is -0.0654 e. The van der Waals surface area contributed by atoms with E-state index in [1.165, 1.54) is 38.5 Å². The van der Waals surface area contributed by atoms with E-state index < -0.39 is 0 Å². The third kappa shape index (κ3) is 4.49. The van der Waals surface area contributed by atoms with Crippen LogP contribution in [0.15, 0.2) is 0 Å². The van der Waals surface area contributed by atoms with Gasteiger partial charge in [0.15, 0.2) is 0 Å². The molecule has 0 aromatic rings. The van der Waals surface area contributed by atoms with Crippen molar-refractivity contribution >= 4 is 0 Å². The van der Waals surface area contributed by atoms with Crippen molar-refractivity contribution in [3.05, 3.63) is 0 Å². The Hall–Kier alpha value is 0. The van der Waals surface area contributed by atoms with E-state index in [1.807, 2.05) is 0 Å². The highest BCUT2D eigenvalue weighted by Crippen LogP contribution is 2.66. The van der Waals surface area contributed by atoms with Crippen molar-refractivity contribution in [2.75, 3.05) is 0 Å². The van der Waals surface area contributed by atoms with Gasteiger partial charge < -0.3 is 0 Å². The molecule has 6 atom stereocenters. The Bertz CT molecular complexity index is 292. The fraction of sp³-hybridized carbons (Fsp3) is 1.00. The van der Waals surface area contributed by atoms with Gasteiger partial charge in [-0.1, -0.05) is 81.1 Å². The molecule has 0 heterocycles. The van der Waals surface area contributed by atoms with Gasteiger partial charge in [-0.3, -0.25) is 0 Å². The molecule has 1 aliphatic rings. The summed E-state index contributed by atoms with van der Waals surface area (Å²) in [5, 5.41) is 0. The molecule has 21 heavy (non-hydrogen) atoms. The first kappa shape index (κ1) is 19.0. The molecule has 1 rings (SSSR count). The second-order valence-electron chi connectivity index (χ2n) is 8.76. The molecule has 0 spiro atoms. The van der Waals surface area contributed by atoms with Gasteiger partial charge in [0.1, 0.15) is 0 Å². The van der Waals surface area contributed by atoms with E-state index in [2.05, 4.69) is 55.4 Å². The summed E-state index contributed by atoms with van der Waals surface area (Å²) in [7, 11) is 0. The molecule has 0 aromatic carbocycles. The van der Waals surface area contributed by atoms with E-state index in [0.717, 1.165) is 35.5 Å². The van der Waals surface area contributed by atoms with E-state index in [4.69, 9.17) is 0 Å². The third-order valence-electron chi connectivity index (χ3n) is 7.15. The molecule has 1 saturated carbocycles. The Kier molecular flexibility index (Phi) is 7.28. The maximum absolute atomic E-state index is 2.56. The first-order chi connectivity index (χ1) is 9.80. The number of rotatable bonds is 10. The zero-order valence-electron chi connectivity index (χ0n) is 16.2. The molecule has 0 N–H and O–H groups in total. The second-order valence-corrected chi connectivity index (χ2v) is 8.76. The fourth-order valence-corrected chi connectivity index (χ4v) is 4.53. The van der Waals surface area contributed by atoms with Gasteiger partial charge in [-0.25, -0.2) is 0 Å². The molecule has 1 aliphatic carbocycles. The van der Waals surface area contributed by atoms with Crippen molar-refractivity contribution in [3.8, 4) is 0 Å². The Balaban J connectivity index is 2.78. The van der Waals surface area contributed by atoms with Crippen LogP contribution >= 0.6 is 0 Å². The van der Waals surface area contributed by atoms with Gasteiger partial charge in [-0.05, 0) is 53.8 Å². The highest BCUT2D eigenvalue weighted by atomic mass is 14.6. The van der Waals surface area contributed by atoms with E-state index in [1.54, 1.807) is 0 Å². The average molecular weight is 295 g/mol. The van der Waals surface area contributed by atoms with Crippen molar-refractivity contribution in [1.82, 2.24) is 0 Å². The smallest absolute Gasteiger partial charge is 0.0235 e. The minimum atomic E-state index is 0.682. The predicted molar refractivity (Wildman–Crippen MR) is 96.5 cm³/mol. The number of hydrogen-bond donors (Lipinski definition) is 0. The van der Waals surface area contributed by atoms with E-state index in [0.29, 0.717) is 5.41 Å². The molecule has 0 bridgehead atoms. The molecule has 0 aromatic heterocycles.